The highest BCUT2D eigenvalue weighted by atomic mass is 19.1. The van der Waals surface area contributed by atoms with Crippen LogP contribution in [0.25, 0.3) is 0 Å². The van der Waals surface area contributed by atoms with E-state index < -0.39 is 0 Å². The van der Waals surface area contributed by atoms with Gasteiger partial charge in [-0.05, 0) is 29.8 Å². The Kier molecular flexibility index (Phi) is 5.91. The molecule has 0 unspecified atom stereocenters. The van der Waals surface area contributed by atoms with Crippen LogP contribution in [0.1, 0.15) is 24.7 Å². The second-order valence-electron chi connectivity index (χ2n) is 5.17. The van der Waals surface area contributed by atoms with Crippen LogP contribution < -0.4 is 5.32 Å². The number of nitrogens with zero attached hydrogens (tertiary/aromatic N) is 1. The molecule has 1 aromatic heterocycles. The van der Waals surface area contributed by atoms with Gasteiger partial charge in [0.15, 0.2) is 0 Å². The Morgan fingerprint density at radius 3 is 2.57 bits per heavy atom. The molecule has 1 N–H and O–H groups in total. The van der Waals surface area contributed by atoms with Crippen molar-refractivity contribution in [2.24, 2.45) is 0 Å². The normalized spacial score (nSPS) is 10.3. The third-order valence-corrected chi connectivity index (χ3v) is 3.38. The van der Waals surface area contributed by atoms with Crippen molar-refractivity contribution >= 4 is 11.8 Å². The maximum atomic E-state index is 12.9. The Hall–Kier alpha value is -2.63. The fourth-order valence-corrected chi connectivity index (χ4v) is 2.08. The molecule has 23 heavy (non-hydrogen) atoms. The highest BCUT2D eigenvalue weighted by Gasteiger charge is 2.12. The van der Waals surface area contributed by atoms with Gasteiger partial charge in [-0.25, -0.2) is 4.39 Å². The van der Waals surface area contributed by atoms with Crippen molar-refractivity contribution in [2.45, 2.75) is 26.4 Å². The highest BCUT2D eigenvalue weighted by molar-refractivity contribution is 5.77. The number of hydrogen-bond acceptors (Lipinski definition) is 3. The van der Waals surface area contributed by atoms with E-state index in [2.05, 4.69) is 5.32 Å². The summed E-state index contributed by atoms with van der Waals surface area (Å²) in [4.78, 5) is 25.1. The molecule has 2 amide bonds. The molecule has 0 fully saturated rings. The fraction of sp³-hybridized carbons (Fsp3) is 0.294. The quantitative estimate of drug-likeness (QED) is 0.853. The average Bonchev–Trinajstić information content (AvgIpc) is 3.04. The number of rotatable bonds is 7. The summed E-state index contributed by atoms with van der Waals surface area (Å²) in [5.74, 6) is 0.0634. The predicted octanol–water partition coefficient (Wildman–Crippen LogP) is 2.47. The lowest BCUT2D eigenvalue weighted by Crippen LogP contribution is -2.33. The van der Waals surface area contributed by atoms with E-state index in [1.807, 2.05) is 0 Å². The maximum Gasteiger partial charge on any atom is 0.222 e. The van der Waals surface area contributed by atoms with Gasteiger partial charge in [-0.3, -0.25) is 9.59 Å². The van der Waals surface area contributed by atoms with Gasteiger partial charge in [0.25, 0.3) is 0 Å². The molecule has 2 aromatic rings. The molecule has 0 aliphatic rings. The molecule has 6 heteroatoms. The molecular weight excluding hydrogens is 299 g/mol. The molecule has 0 aliphatic carbocycles. The van der Waals surface area contributed by atoms with Gasteiger partial charge in [-0.1, -0.05) is 12.1 Å². The first-order valence-electron chi connectivity index (χ1n) is 7.33. The van der Waals surface area contributed by atoms with E-state index in [0.717, 1.165) is 5.56 Å². The van der Waals surface area contributed by atoms with Crippen LogP contribution in [0.5, 0.6) is 0 Å². The second kappa shape index (κ2) is 8.12. The van der Waals surface area contributed by atoms with Gasteiger partial charge in [0.05, 0.1) is 12.8 Å². The van der Waals surface area contributed by atoms with Crippen molar-refractivity contribution < 1.29 is 18.4 Å². The second-order valence-corrected chi connectivity index (χ2v) is 5.17. The summed E-state index contributed by atoms with van der Waals surface area (Å²) in [7, 11) is 0. The number of amides is 2. The van der Waals surface area contributed by atoms with Gasteiger partial charge in [0, 0.05) is 26.4 Å². The summed E-state index contributed by atoms with van der Waals surface area (Å²) < 4.78 is 18.0. The van der Waals surface area contributed by atoms with Crippen molar-refractivity contribution in [1.82, 2.24) is 10.2 Å². The molecule has 122 valence electrons. The summed E-state index contributed by atoms with van der Waals surface area (Å²) in [5.41, 5.74) is 0.817. The van der Waals surface area contributed by atoms with Crippen LogP contribution in [-0.2, 0) is 22.7 Å². The topological polar surface area (TPSA) is 62.6 Å². The lowest BCUT2D eigenvalue weighted by atomic mass is 10.2. The van der Waals surface area contributed by atoms with Crippen molar-refractivity contribution in [3.05, 3.63) is 59.8 Å². The first kappa shape index (κ1) is 16.7. The molecule has 5 nitrogen and oxygen atoms in total. The van der Waals surface area contributed by atoms with Gasteiger partial charge in [0.2, 0.25) is 11.8 Å². The largest absolute Gasteiger partial charge is 0.467 e. The van der Waals surface area contributed by atoms with Crippen LogP contribution in [0.4, 0.5) is 4.39 Å². The van der Waals surface area contributed by atoms with Gasteiger partial charge in [0.1, 0.15) is 11.6 Å². The average molecular weight is 318 g/mol. The van der Waals surface area contributed by atoms with E-state index in [9.17, 15) is 14.0 Å². The van der Waals surface area contributed by atoms with E-state index in [4.69, 9.17) is 4.42 Å². The van der Waals surface area contributed by atoms with Gasteiger partial charge in [-0.15, -0.1) is 0 Å². The van der Waals surface area contributed by atoms with E-state index in [0.29, 0.717) is 25.4 Å². The van der Waals surface area contributed by atoms with Crippen LogP contribution in [0.15, 0.2) is 47.1 Å². The van der Waals surface area contributed by atoms with E-state index in [-0.39, 0.29) is 24.1 Å². The van der Waals surface area contributed by atoms with Crippen molar-refractivity contribution in [1.29, 1.82) is 0 Å². The molecule has 0 saturated carbocycles. The minimum absolute atomic E-state index is 0.131. The first-order valence-corrected chi connectivity index (χ1v) is 7.33. The zero-order valence-corrected chi connectivity index (χ0v) is 12.9. The van der Waals surface area contributed by atoms with Crippen LogP contribution in [0, 0.1) is 5.82 Å². The number of furan rings is 1. The smallest absolute Gasteiger partial charge is 0.222 e. The monoisotopic (exact) mass is 318 g/mol. The number of hydrogen-bond donors (Lipinski definition) is 1. The standard InChI is InChI=1S/C17H19FN2O3/c1-13(21)20(12-14-4-6-15(18)7-5-14)9-8-17(22)19-11-16-3-2-10-23-16/h2-7,10H,8-9,11-12H2,1H3,(H,19,22). The molecular formula is C17H19FN2O3. The number of carbonyl (C=O) groups is 2. The maximum absolute atomic E-state index is 12.9. The van der Waals surface area contributed by atoms with Gasteiger partial charge < -0.3 is 14.6 Å². The minimum Gasteiger partial charge on any atom is -0.467 e. The van der Waals surface area contributed by atoms with Gasteiger partial charge in [-0.2, -0.15) is 0 Å². The van der Waals surface area contributed by atoms with Crippen LogP contribution >= 0.6 is 0 Å². The number of benzene rings is 1. The molecule has 0 bridgehead atoms. The Balaban J connectivity index is 1.80. The van der Waals surface area contributed by atoms with E-state index in [1.54, 1.807) is 35.4 Å². The summed E-state index contributed by atoms with van der Waals surface area (Å²) in [6, 6.07) is 9.48. The third kappa shape index (κ3) is 5.58. The Morgan fingerprint density at radius 1 is 1.22 bits per heavy atom. The van der Waals surface area contributed by atoms with Crippen LogP contribution in [-0.4, -0.2) is 23.3 Å². The highest BCUT2D eigenvalue weighted by Crippen LogP contribution is 2.08. The Bertz CT molecular complexity index is 638. The van der Waals surface area contributed by atoms with E-state index in [1.165, 1.54) is 19.1 Å². The number of nitrogens with one attached hydrogen (secondary N) is 1. The molecule has 1 heterocycles. The molecule has 0 spiro atoms. The molecule has 1 aromatic carbocycles. The fourth-order valence-electron chi connectivity index (χ4n) is 2.08. The van der Waals surface area contributed by atoms with Crippen LogP contribution in [0.2, 0.25) is 0 Å². The predicted molar refractivity (Wildman–Crippen MR) is 82.7 cm³/mol. The number of halogens is 1. The lowest BCUT2D eigenvalue weighted by Gasteiger charge is -2.21. The van der Waals surface area contributed by atoms with Crippen LogP contribution in [0.3, 0.4) is 0 Å². The van der Waals surface area contributed by atoms with Crippen molar-refractivity contribution in [3.8, 4) is 0 Å². The SMILES string of the molecule is CC(=O)N(CCC(=O)NCc1ccco1)Cc1ccc(F)cc1. The van der Waals surface area contributed by atoms with E-state index >= 15 is 0 Å². The zero-order valence-electron chi connectivity index (χ0n) is 12.9. The molecule has 0 aliphatic heterocycles. The lowest BCUT2D eigenvalue weighted by molar-refractivity contribution is -0.130. The molecule has 0 radical (unpaired) electrons. The Labute approximate surface area is 134 Å². The zero-order chi connectivity index (χ0) is 16.7. The van der Waals surface area contributed by atoms with Crippen molar-refractivity contribution in [3.63, 3.8) is 0 Å². The summed E-state index contributed by atoms with van der Waals surface area (Å²) in [6.45, 7) is 2.42. The summed E-state index contributed by atoms with van der Waals surface area (Å²) >= 11 is 0. The molecule has 0 saturated heterocycles. The number of carbonyl (C=O) groups excluding carboxylic acids is 2. The third-order valence-electron chi connectivity index (χ3n) is 3.38. The summed E-state index contributed by atoms with van der Waals surface area (Å²) in [5, 5.41) is 2.73. The Morgan fingerprint density at radius 2 is 1.96 bits per heavy atom. The summed E-state index contributed by atoms with van der Waals surface area (Å²) in [6.07, 6.45) is 1.74. The molecule has 2 rings (SSSR count). The molecule has 0 atom stereocenters. The van der Waals surface area contributed by atoms with Gasteiger partial charge >= 0.3 is 0 Å². The minimum atomic E-state index is -0.319. The first-order chi connectivity index (χ1) is 11.0. The van der Waals surface area contributed by atoms with Crippen molar-refractivity contribution in [2.75, 3.05) is 6.54 Å².